The molecule has 3 heterocycles. The van der Waals surface area contributed by atoms with Crippen LogP contribution in [0.3, 0.4) is 0 Å². The number of hydrogen-bond acceptors (Lipinski definition) is 3. The molecule has 0 spiro atoms. The van der Waals surface area contributed by atoms with E-state index in [-0.39, 0.29) is 0 Å². The molecule has 3 nitrogen and oxygen atoms in total. The van der Waals surface area contributed by atoms with Crippen LogP contribution in [-0.4, -0.2) is 18.1 Å². The van der Waals surface area contributed by atoms with E-state index in [4.69, 9.17) is 4.42 Å². The minimum absolute atomic E-state index is 0.613. The van der Waals surface area contributed by atoms with Crippen molar-refractivity contribution in [3.63, 3.8) is 0 Å². The first kappa shape index (κ1) is 8.92. The third-order valence-electron chi connectivity index (χ3n) is 3.14. The van der Waals surface area contributed by atoms with Gasteiger partial charge in [-0.05, 0) is 44.0 Å². The number of aromatic nitrogens is 1. The molecular formula is C12H14N2O. The second kappa shape index (κ2) is 3.66. The number of piperidine rings is 1. The third-order valence-corrected chi connectivity index (χ3v) is 3.14. The Kier molecular flexibility index (Phi) is 2.18. The average Bonchev–Trinajstić information content (AvgIpc) is 2.74. The zero-order valence-corrected chi connectivity index (χ0v) is 8.57. The summed E-state index contributed by atoms with van der Waals surface area (Å²) in [5.41, 5.74) is 3.24. The summed E-state index contributed by atoms with van der Waals surface area (Å²) in [7, 11) is 0. The van der Waals surface area contributed by atoms with Crippen LogP contribution in [0.5, 0.6) is 0 Å². The number of fused-ring (bicyclic) bond motifs is 1. The van der Waals surface area contributed by atoms with E-state index in [0.717, 1.165) is 24.2 Å². The van der Waals surface area contributed by atoms with Crippen molar-refractivity contribution in [2.75, 3.05) is 13.1 Å². The van der Waals surface area contributed by atoms with E-state index in [9.17, 15) is 0 Å². The zero-order chi connectivity index (χ0) is 10.1. The van der Waals surface area contributed by atoms with Gasteiger partial charge in [0.1, 0.15) is 5.52 Å². The highest BCUT2D eigenvalue weighted by atomic mass is 16.3. The predicted octanol–water partition coefficient (Wildman–Crippen LogP) is 2.29. The van der Waals surface area contributed by atoms with Crippen LogP contribution in [0.1, 0.15) is 24.3 Å². The number of pyridine rings is 1. The van der Waals surface area contributed by atoms with Gasteiger partial charge in [-0.1, -0.05) is 0 Å². The molecule has 3 rings (SSSR count). The molecule has 0 radical (unpaired) electrons. The molecule has 0 amide bonds. The number of nitrogens with zero attached hydrogens (tertiary/aromatic N) is 1. The minimum Gasteiger partial charge on any atom is -0.462 e. The Morgan fingerprint density at radius 2 is 2.20 bits per heavy atom. The third kappa shape index (κ3) is 1.53. The van der Waals surface area contributed by atoms with Crippen molar-refractivity contribution in [1.29, 1.82) is 0 Å². The summed E-state index contributed by atoms with van der Waals surface area (Å²) in [6, 6.07) is 3.89. The molecule has 0 bridgehead atoms. The maximum Gasteiger partial charge on any atom is 0.152 e. The van der Waals surface area contributed by atoms with Gasteiger partial charge in [0.25, 0.3) is 0 Å². The predicted molar refractivity (Wildman–Crippen MR) is 58.9 cm³/mol. The Morgan fingerprint density at radius 1 is 1.33 bits per heavy atom. The Labute approximate surface area is 88.5 Å². The Morgan fingerprint density at radius 3 is 3.07 bits per heavy atom. The highest BCUT2D eigenvalue weighted by molar-refractivity contribution is 5.76. The van der Waals surface area contributed by atoms with E-state index in [2.05, 4.69) is 10.3 Å². The molecule has 2 aromatic heterocycles. The molecule has 1 aliphatic heterocycles. The van der Waals surface area contributed by atoms with E-state index in [0.29, 0.717) is 5.92 Å². The maximum atomic E-state index is 5.52. The molecule has 0 unspecified atom stereocenters. The molecule has 1 saturated heterocycles. The van der Waals surface area contributed by atoms with Crippen LogP contribution >= 0.6 is 0 Å². The fourth-order valence-corrected chi connectivity index (χ4v) is 2.31. The van der Waals surface area contributed by atoms with Crippen LogP contribution < -0.4 is 5.32 Å². The largest absolute Gasteiger partial charge is 0.462 e. The number of nitrogens with one attached hydrogen (secondary N) is 1. The number of hydrogen-bond donors (Lipinski definition) is 1. The lowest BCUT2D eigenvalue weighted by atomic mass is 9.91. The maximum absolute atomic E-state index is 5.52. The second-order valence-corrected chi connectivity index (χ2v) is 4.07. The van der Waals surface area contributed by atoms with Crippen molar-refractivity contribution < 1.29 is 4.42 Å². The minimum atomic E-state index is 0.613. The summed E-state index contributed by atoms with van der Waals surface area (Å²) in [5, 5.41) is 3.37. The SMILES string of the molecule is c1cnc2c(C3CCNCC3)coc2c1. The van der Waals surface area contributed by atoms with Crippen molar-refractivity contribution in [3.05, 3.63) is 30.2 Å². The van der Waals surface area contributed by atoms with Gasteiger partial charge in [-0.3, -0.25) is 4.98 Å². The van der Waals surface area contributed by atoms with Crippen LogP contribution in [0.15, 0.2) is 29.0 Å². The van der Waals surface area contributed by atoms with Gasteiger partial charge in [-0.2, -0.15) is 0 Å². The highest BCUT2D eigenvalue weighted by Crippen LogP contribution is 2.31. The highest BCUT2D eigenvalue weighted by Gasteiger charge is 2.19. The van der Waals surface area contributed by atoms with Gasteiger partial charge in [0.05, 0.1) is 6.26 Å². The first-order chi connectivity index (χ1) is 7.45. The second-order valence-electron chi connectivity index (χ2n) is 4.07. The number of rotatable bonds is 1. The lowest BCUT2D eigenvalue weighted by Crippen LogP contribution is -2.26. The molecule has 1 aliphatic rings. The lowest BCUT2D eigenvalue weighted by Gasteiger charge is -2.21. The monoisotopic (exact) mass is 202 g/mol. The van der Waals surface area contributed by atoms with Gasteiger partial charge < -0.3 is 9.73 Å². The van der Waals surface area contributed by atoms with Gasteiger partial charge >= 0.3 is 0 Å². The molecule has 2 aromatic rings. The quantitative estimate of drug-likeness (QED) is 0.771. The van der Waals surface area contributed by atoms with Gasteiger partial charge in [-0.15, -0.1) is 0 Å². The van der Waals surface area contributed by atoms with Crippen LogP contribution in [0.25, 0.3) is 11.1 Å². The molecule has 78 valence electrons. The summed E-state index contributed by atoms with van der Waals surface area (Å²) >= 11 is 0. The van der Waals surface area contributed by atoms with Gasteiger partial charge in [0.15, 0.2) is 5.58 Å². The van der Waals surface area contributed by atoms with Crippen molar-refractivity contribution >= 4 is 11.1 Å². The first-order valence-electron chi connectivity index (χ1n) is 5.48. The Hall–Kier alpha value is -1.35. The fraction of sp³-hybridized carbons (Fsp3) is 0.417. The van der Waals surface area contributed by atoms with E-state index in [1.54, 1.807) is 0 Å². The summed E-state index contributed by atoms with van der Waals surface area (Å²) in [6.45, 7) is 2.20. The fourth-order valence-electron chi connectivity index (χ4n) is 2.31. The normalized spacial score (nSPS) is 18.4. The lowest BCUT2D eigenvalue weighted by molar-refractivity contribution is 0.457. The molecule has 0 atom stereocenters. The van der Waals surface area contributed by atoms with Crippen LogP contribution in [-0.2, 0) is 0 Å². The standard InChI is InChI=1S/C12H14N2O/c1-2-11-12(14-5-1)10(8-15-11)9-3-6-13-7-4-9/h1-2,5,8-9,13H,3-4,6-7H2. The van der Waals surface area contributed by atoms with E-state index < -0.39 is 0 Å². The molecule has 0 aromatic carbocycles. The summed E-state index contributed by atoms with van der Waals surface area (Å²) in [6.07, 6.45) is 6.09. The summed E-state index contributed by atoms with van der Waals surface area (Å²) in [4.78, 5) is 4.40. The van der Waals surface area contributed by atoms with Crippen LogP contribution in [0.2, 0.25) is 0 Å². The topological polar surface area (TPSA) is 38.1 Å². The van der Waals surface area contributed by atoms with Gasteiger partial charge in [0.2, 0.25) is 0 Å². The Balaban J connectivity index is 2.02. The summed E-state index contributed by atoms with van der Waals surface area (Å²) < 4.78 is 5.52. The number of furan rings is 1. The molecule has 1 fully saturated rings. The molecular weight excluding hydrogens is 188 g/mol. The summed E-state index contributed by atoms with van der Waals surface area (Å²) in [5.74, 6) is 0.613. The van der Waals surface area contributed by atoms with E-state index >= 15 is 0 Å². The van der Waals surface area contributed by atoms with E-state index in [1.807, 2.05) is 24.6 Å². The molecule has 0 saturated carbocycles. The van der Waals surface area contributed by atoms with Gasteiger partial charge in [0, 0.05) is 11.8 Å². The van der Waals surface area contributed by atoms with Crippen molar-refractivity contribution in [3.8, 4) is 0 Å². The zero-order valence-electron chi connectivity index (χ0n) is 8.57. The van der Waals surface area contributed by atoms with Crippen LogP contribution in [0, 0.1) is 0 Å². The van der Waals surface area contributed by atoms with Crippen LogP contribution in [0.4, 0.5) is 0 Å². The van der Waals surface area contributed by atoms with Crippen molar-refractivity contribution in [1.82, 2.24) is 10.3 Å². The molecule has 15 heavy (non-hydrogen) atoms. The smallest absolute Gasteiger partial charge is 0.152 e. The van der Waals surface area contributed by atoms with Gasteiger partial charge in [-0.25, -0.2) is 0 Å². The molecule has 1 N–H and O–H groups in total. The van der Waals surface area contributed by atoms with E-state index in [1.165, 1.54) is 18.4 Å². The van der Waals surface area contributed by atoms with Crippen molar-refractivity contribution in [2.24, 2.45) is 0 Å². The molecule has 3 heteroatoms. The first-order valence-corrected chi connectivity index (χ1v) is 5.48. The Bertz CT molecular complexity index is 457. The molecule has 0 aliphatic carbocycles. The van der Waals surface area contributed by atoms with Crippen molar-refractivity contribution in [2.45, 2.75) is 18.8 Å². The average molecular weight is 202 g/mol.